The lowest BCUT2D eigenvalue weighted by Gasteiger charge is -2.10. The number of nitrogens with two attached hydrogens (primary N) is 1. The molecule has 4 heteroatoms. The van der Waals surface area contributed by atoms with Crippen LogP contribution in [0.3, 0.4) is 0 Å². The standard InChI is InChI=1S/C8H15NO3/c1-5(2)8(12)6(9)3-4-7(10)11/h5-6H,3-4,9H2,1-2H3,(H,10,11). The molecule has 0 saturated carbocycles. The van der Waals surface area contributed by atoms with Crippen LogP contribution in [0.1, 0.15) is 26.7 Å². The van der Waals surface area contributed by atoms with E-state index in [0.29, 0.717) is 0 Å². The number of ketones is 1. The topological polar surface area (TPSA) is 80.4 Å². The third-order valence-electron chi connectivity index (χ3n) is 1.60. The Morgan fingerprint density at radius 2 is 1.92 bits per heavy atom. The van der Waals surface area contributed by atoms with Crippen LogP contribution < -0.4 is 5.73 Å². The quantitative estimate of drug-likeness (QED) is 0.630. The van der Waals surface area contributed by atoms with Gasteiger partial charge in [0.2, 0.25) is 0 Å². The maximum absolute atomic E-state index is 11.1. The van der Waals surface area contributed by atoms with Gasteiger partial charge >= 0.3 is 5.97 Å². The van der Waals surface area contributed by atoms with Crippen molar-refractivity contribution in [2.24, 2.45) is 11.7 Å². The van der Waals surface area contributed by atoms with Crippen molar-refractivity contribution < 1.29 is 14.7 Å². The first-order valence-corrected chi connectivity index (χ1v) is 3.96. The molecular formula is C8H15NO3. The number of aliphatic carboxylic acids is 1. The van der Waals surface area contributed by atoms with Gasteiger partial charge in [0.05, 0.1) is 6.04 Å². The van der Waals surface area contributed by atoms with Crippen molar-refractivity contribution in [1.29, 1.82) is 0 Å². The summed E-state index contributed by atoms with van der Waals surface area (Å²) in [4.78, 5) is 21.3. The van der Waals surface area contributed by atoms with Crippen LogP contribution in [0.25, 0.3) is 0 Å². The maximum atomic E-state index is 11.1. The van der Waals surface area contributed by atoms with E-state index in [9.17, 15) is 9.59 Å². The molecule has 0 fully saturated rings. The van der Waals surface area contributed by atoms with E-state index in [4.69, 9.17) is 10.8 Å². The molecule has 12 heavy (non-hydrogen) atoms. The molecule has 0 aliphatic heterocycles. The highest BCUT2D eigenvalue weighted by molar-refractivity contribution is 5.85. The van der Waals surface area contributed by atoms with E-state index in [1.165, 1.54) is 0 Å². The number of carboxylic acid groups (broad SMARTS) is 1. The number of carbonyl (C=O) groups excluding carboxylic acids is 1. The van der Waals surface area contributed by atoms with Gasteiger partial charge in [-0.25, -0.2) is 0 Å². The average molecular weight is 173 g/mol. The molecule has 0 rings (SSSR count). The fourth-order valence-corrected chi connectivity index (χ4v) is 0.849. The van der Waals surface area contributed by atoms with Crippen LogP contribution >= 0.6 is 0 Å². The smallest absolute Gasteiger partial charge is 0.303 e. The van der Waals surface area contributed by atoms with Gasteiger partial charge in [-0.2, -0.15) is 0 Å². The molecule has 1 atom stereocenters. The first kappa shape index (κ1) is 11.1. The van der Waals surface area contributed by atoms with E-state index in [2.05, 4.69) is 0 Å². The Bertz CT molecular complexity index is 177. The largest absolute Gasteiger partial charge is 0.481 e. The molecule has 0 saturated heterocycles. The molecule has 4 nitrogen and oxygen atoms in total. The van der Waals surface area contributed by atoms with Crippen molar-refractivity contribution in [1.82, 2.24) is 0 Å². The molecule has 0 aromatic rings. The molecule has 0 aromatic carbocycles. The summed E-state index contributed by atoms with van der Waals surface area (Å²) in [6.45, 7) is 3.51. The Kier molecular flexibility index (Phi) is 4.51. The molecule has 70 valence electrons. The van der Waals surface area contributed by atoms with E-state index in [-0.39, 0.29) is 24.5 Å². The summed E-state index contributed by atoms with van der Waals surface area (Å²) in [6, 6.07) is -0.624. The summed E-state index contributed by atoms with van der Waals surface area (Å²) in [5.41, 5.74) is 5.45. The van der Waals surface area contributed by atoms with Gasteiger partial charge in [-0.05, 0) is 6.42 Å². The first-order valence-electron chi connectivity index (χ1n) is 3.96. The fourth-order valence-electron chi connectivity index (χ4n) is 0.849. The molecule has 0 aliphatic rings. The highest BCUT2D eigenvalue weighted by Gasteiger charge is 2.17. The number of hydrogen-bond acceptors (Lipinski definition) is 3. The van der Waals surface area contributed by atoms with Crippen LogP contribution in [0.4, 0.5) is 0 Å². The van der Waals surface area contributed by atoms with E-state index < -0.39 is 12.0 Å². The molecule has 0 bridgehead atoms. The molecule has 0 amide bonds. The van der Waals surface area contributed by atoms with Gasteiger partial charge < -0.3 is 10.8 Å². The Hall–Kier alpha value is -0.900. The molecule has 1 unspecified atom stereocenters. The summed E-state index contributed by atoms with van der Waals surface area (Å²) < 4.78 is 0. The zero-order valence-corrected chi connectivity index (χ0v) is 7.41. The van der Waals surface area contributed by atoms with Crippen molar-refractivity contribution in [3.8, 4) is 0 Å². The molecular weight excluding hydrogens is 158 g/mol. The predicted octanol–water partition coefficient (Wildman–Crippen LogP) is 0.404. The summed E-state index contributed by atoms with van der Waals surface area (Å²) >= 11 is 0. The minimum Gasteiger partial charge on any atom is -0.481 e. The molecule has 0 radical (unpaired) electrons. The summed E-state index contributed by atoms with van der Waals surface area (Å²) in [5, 5.41) is 8.32. The van der Waals surface area contributed by atoms with Crippen LogP contribution in [0, 0.1) is 5.92 Å². The summed E-state index contributed by atoms with van der Waals surface area (Å²) in [6.07, 6.45) is 0.186. The highest BCUT2D eigenvalue weighted by Crippen LogP contribution is 2.03. The van der Waals surface area contributed by atoms with E-state index in [0.717, 1.165) is 0 Å². The van der Waals surface area contributed by atoms with Crippen molar-refractivity contribution >= 4 is 11.8 Å². The van der Waals surface area contributed by atoms with Gasteiger partial charge in [0.15, 0.2) is 5.78 Å². The van der Waals surface area contributed by atoms with Crippen LogP contribution in [0.15, 0.2) is 0 Å². The maximum Gasteiger partial charge on any atom is 0.303 e. The van der Waals surface area contributed by atoms with E-state index >= 15 is 0 Å². The van der Waals surface area contributed by atoms with Crippen molar-refractivity contribution in [3.05, 3.63) is 0 Å². The lowest BCUT2D eigenvalue weighted by atomic mass is 9.99. The van der Waals surface area contributed by atoms with Crippen LogP contribution in [-0.2, 0) is 9.59 Å². The minimum absolute atomic E-state index is 0.0420. The zero-order chi connectivity index (χ0) is 9.72. The predicted molar refractivity (Wildman–Crippen MR) is 44.7 cm³/mol. The van der Waals surface area contributed by atoms with Crippen LogP contribution in [-0.4, -0.2) is 22.9 Å². The van der Waals surface area contributed by atoms with E-state index in [1.807, 2.05) is 0 Å². The second kappa shape index (κ2) is 4.87. The number of hydrogen-bond donors (Lipinski definition) is 2. The van der Waals surface area contributed by atoms with Gasteiger partial charge in [-0.3, -0.25) is 9.59 Å². The van der Waals surface area contributed by atoms with Crippen molar-refractivity contribution in [2.45, 2.75) is 32.7 Å². The van der Waals surface area contributed by atoms with Crippen molar-refractivity contribution in [3.63, 3.8) is 0 Å². The first-order chi connectivity index (χ1) is 5.45. The molecule has 3 N–H and O–H groups in total. The monoisotopic (exact) mass is 173 g/mol. The number of carbonyl (C=O) groups is 2. The lowest BCUT2D eigenvalue weighted by Crippen LogP contribution is -2.34. The SMILES string of the molecule is CC(C)C(=O)C(N)CCC(=O)O. The number of Topliss-reactive ketones (excluding diaryl/α,β-unsaturated/α-hetero) is 1. The minimum atomic E-state index is -0.915. The van der Waals surface area contributed by atoms with Crippen molar-refractivity contribution in [2.75, 3.05) is 0 Å². The zero-order valence-electron chi connectivity index (χ0n) is 7.41. The van der Waals surface area contributed by atoms with Gasteiger partial charge in [0.25, 0.3) is 0 Å². The molecule has 0 heterocycles. The lowest BCUT2D eigenvalue weighted by molar-refractivity contribution is -0.137. The molecule has 0 aliphatic carbocycles. The third-order valence-corrected chi connectivity index (χ3v) is 1.60. The van der Waals surface area contributed by atoms with Crippen LogP contribution in [0.5, 0.6) is 0 Å². The van der Waals surface area contributed by atoms with Gasteiger partial charge in [0.1, 0.15) is 0 Å². The average Bonchev–Trinajstić information content (AvgIpc) is 1.98. The summed E-state index contributed by atoms with van der Waals surface area (Å²) in [5.74, 6) is -1.10. The molecule has 0 spiro atoms. The Labute approximate surface area is 71.8 Å². The fraction of sp³-hybridized carbons (Fsp3) is 0.750. The van der Waals surface area contributed by atoms with E-state index in [1.54, 1.807) is 13.8 Å². The number of rotatable bonds is 5. The Balaban J connectivity index is 3.79. The third kappa shape index (κ3) is 4.08. The van der Waals surface area contributed by atoms with Gasteiger partial charge in [-0.1, -0.05) is 13.8 Å². The van der Waals surface area contributed by atoms with Crippen LogP contribution in [0.2, 0.25) is 0 Å². The second-order valence-electron chi connectivity index (χ2n) is 3.10. The normalized spacial score (nSPS) is 13.0. The highest BCUT2D eigenvalue weighted by atomic mass is 16.4. The Morgan fingerprint density at radius 1 is 1.42 bits per heavy atom. The Morgan fingerprint density at radius 3 is 2.25 bits per heavy atom. The summed E-state index contributed by atoms with van der Waals surface area (Å²) in [7, 11) is 0. The van der Waals surface area contributed by atoms with Gasteiger partial charge in [-0.15, -0.1) is 0 Å². The number of carboxylic acids is 1. The van der Waals surface area contributed by atoms with Gasteiger partial charge in [0, 0.05) is 12.3 Å². The second-order valence-corrected chi connectivity index (χ2v) is 3.10. The molecule has 0 aromatic heterocycles.